The summed E-state index contributed by atoms with van der Waals surface area (Å²) in [5.74, 6) is 2.33. The van der Waals surface area contributed by atoms with E-state index in [9.17, 15) is 4.79 Å². The van der Waals surface area contributed by atoms with E-state index < -0.39 is 0 Å². The topological polar surface area (TPSA) is 74.8 Å². The van der Waals surface area contributed by atoms with Crippen LogP contribution in [-0.4, -0.2) is 51.8 Å². The first kappa shape index (κ1) is 23.4. The number of nitrogens with one attached hydrogen (secondary N) is 3. The minimum Gasteiger partial charge on any atom is -0.383 e. The zero-order chi connectivity index (χ0) is 16.9. The number of methoxy groups -OCH3 is 1. The van der Waals surface area contributed by atoms with Crippen molar-refractivity contribution < 1.29 is 9.53 Å². The lowest BCUT2D eigenvalue weighted by atomic mass is 9.81. The summed E-state index contributed by atoms with van der Waals surface area (Å²) < 4.78 is 4.90. The first-order valence-corrected chi connectivity index (χ1v) is 8.93. The molecule has 1 rings (SSSR count). The summed E-state index contributed by atoms with van der Waals surface area (Å²) in [5.41, 5.74) is 0. The van der Waals surface area contributed by atoms with Gasteiger partial charge in [0.1, 0.15) is 6.54 Å². The SMILES string of the molecule is CCNC(=NCC(=O)NCCOC)NCCC1CCCC(C)C1.I. The molecule has 0 saturated heterocycles. The molecule has 1 amide bonds. The highest BCUT2D eigenvalue weighted by atomic mass is 127. The van der Waals surface area contributed by atoms with Gasteiger partial charge in [-0.25, -0.2) is 4.99 Å². The number of halogens is 1. The molecule has 0 radical (unpaired) electrons. The van der Waals surface area contributed by atoms with Gasteiger partial charge in [-0.05, 0) is 31.6 Å². The van der Waals surface area contributed by atoms with Crippen LogP contribution in [0.1, 0.15) is 46.0 Å². The second-order valence-electron chi connectivity index (χ2n) is 6.39. The van der Waals surface area contributed by atoms with E-state index in [-0.39, 0.29) is 36.4 Å². The van der Waals surface area contributed by atoms with Gasteiger partial charge in [0, 0.05) is 26.7 Å². The molecule has 0 aromatic heterocycles. The Balaban J connectivity index is 0.00000529. The maximum Gasteiger partial charge on any atom is 0.241 e. The molecule has 0 spiro atoms. The first-order valence-electron chi connectivity index (χ1n) is 8.93. The molecular formula is C17H35IN4O2. The standard InChI is InChI=1S/C17H34N4O2.HI/c1-4-18-17(21-13-16(22)19-10-11-23-3)20-9-8-15-7-5-6-14(2)12-15;/h14-15H,4-13H2,1-3H3,(H,19,22)(H2,18,20,21);1H. The summed E-state index contributed by atoms with van der Waals surface area (Å²) in [5, 5.41) is 9.29. The van der Waals surface area contributed by atoms with E-state index in [0.717, 1.165) is 30.9 Å². The smallest absolute Gasteiger partial charge is 0.241 e. The van der Waals surface area contributed by atoms with E-state index in [0.29, 0.717) is 13.2 Å². The van der Waals surface area contributed by atoms with Gasteiger partial charge in [0.2, 0.25) is 5.91 Å². The van der Waals surface area contributed by atoms with Gasteiger partial charge in [0.25, 0.3) is 0 Å². The number of hydrogen-bond donors (Lipinski definition) is 3. The van der Waals surface area contributed by atoms with Crippen molar-refractivity contribution >= 4 is 35.8 Å². The van der Waals surface area contributed by atoms with Crippen LogP contribution in [0.15, 0.2) is 4.99 Å². The normalized spacial score (nSPS) is 20.9. The number of amides is 1. The van der Waals surface area contributed by atoms with E-state index in [1.165, 1.54) is 32.1 Å². The second kappa shape index (κ2) is 14.7. The molecule has 0 aromatic rings. The summed E-state index contributed by atoms with van der Waals surface area (Å²) in [6.07, 6.45) is 6.61. The van der Waals surface area contributed by atoms with Crippen LogP contribution in [0.3, 0.4) is 0 Å². The second-order valence-corrected chi connectivity index (χ2v) is 6.39. The Morgan fingerprint density at radius 2 is 2.00 bits per heavy atom. The molecule has 1 saturated carbocycles. The Morgan fingerprint density at radius 1 is 1.21 bits per heavy atom. The van der Waals surface area contributed by atoms with Gasteiger partial charge in [0.05, 0.1) is 6.61 Å². The number of guanidine groups is 1. The Labute approximate surface area is 164 Å². The molecule has 24 heavy (non-hydrogen) atoms. The zero-order valence-corrected chi connectivity index (χ0v) is 17.7. The Bertz CT molecular complexity index is 366. The van der Waals surface area contributed by atoms with E-state index in [2.05, 4.69) is 27.9 Å². The van der Waals surface area contributed by atoms with Crippen molar-refractivity contribution in [3.05, 3.63) is 0 Å². The fourth-order valence-corrected chi connectivity index (χ4v) is 3.06. The molecular weight excluding hydrogens is 419 g/mol. The van der Waals surface area contributed by atoms with Gasteiger partial charge < -0.3 is 20.7 Å². The maximum atomic E-state index is 11.7. The van der Waals surface area contributed by atoms with Gasteiger partial charge in [0.15, 0.2) is 5.96 Å². The van der Waals surface area contributed by atoms with Crippen molar-refractivity contribution in [3.63, 3.8) is 0 Å². The number of aliphatic imine (C=N–C) groups is 1. The molecule has 0 heterocycles. The molecule has 0 aliphatic heterocycles. The number of nitrogens with zero attached hydrogens (tertiary/aromatic N) is 1. The lowest BCUT2D eigenvalue weighted by Crippen LogP contribution is -2.39. The maximum absolute atomic E-state index is 11.7. The van der Waals surface area contributed by atoms with Crippen molar-refractivity contribution in [3.8, 4) is 0 Å². The van der Waals surface area contributed by atoms with Gasteiger partial charge in [-0.3, -0.25) is 4.79 Å². The third kappa shape index (κ3) is 11.1. The van der Waals surface area contributed by atoms with Crippen LogP contribution >= 0.6 is 24.0 Å². The van der Waals surface area contributed by atoms with E-state index >= 15 is 0 Å². The average Bonchev–Trinajstić information content (AvgIpc) is 2.53. The average molecular weight is 454 g/mol. The number of hydrogen-bond acceptors (Lipinski definition) is 3. The lowest BCUT2D eigenvalue weighted by Gasteiger charge is -2.26. The highest BCUT2D eigenvalue weighted by Gasteiger charge is 2.18. The van der Waals surface area contributed by atoms with Crippen LogP contribution in [-0.2, 0) is 9.53 Å². The third-order valence-corrected chi connectivity index (χ3v) is 4.24. The summed E-state index contributed by atoms with van der Waals surface area (Å²) in [6, 6.07) is 0. The number of rotatable bonds is 9. The first-order chi connectivity index (χ1) is 11.2. The van der Waals surface area contributed by atoms with Gasteiger partial charge >= 0.3 is 0 Å². The predicted molar refractivity (Wildman–Crippen MR) is 110 cm³/mol. The fraction of sp³-hybridized carbons (Fsp3) is 0.882. The summed E-state index contributed by atoms with van der Waals surface area (Å²) in [6.45, 7) is 7.26. The van der Waals surface area contributed by atoms with Crippen LogP contribution in [0, 0.1) is 11.8 Å². The van der Waals surface area contributed by atoms with Crippen LogP contribution in [0.25, 0.3) is 0 Å². The Kier molecular flexibility index (Phi) is 14.4. The summed E-state index contributed by atoms with van der Waals surface area (Å²) in [7, 11) is 1.62. The molecule has 1 fully saturated rings. The van der Waals surface area contributed by atoms with Crippen molar-refractivity contribution in [1.82, 2.24) is 16.0 Å². The van der Waals surface area contributed by atoms with Crippen LogP contribution in [0.4, 0.5) is 0 Å². The third-order valence-electron chi connectivity index (χ3n) is 4.24. The molecule has 1 aliphatic carbocycles. The quantitative estimate of drug-likeness (QED) is 0.216. The number of carbonyl (C=O) groups is 1. The fourth-order valence-electron chi connectivity index (χ4n) is 3.06. The highest BCUT2D eigenvalue weighted by molar-refractivity contribution is 14.0. The molecule has 0 aromatic carbocycles. The van der Waals surface area contributed by atoms with Crippen molar-refractivity contribution in [2.24, 2.45) is 16.8 Å². The van der Waals surface area contributed by atoms with E-state index in [4.69, 9.17) is 4.74 Å². The van der Waals surface area contributed by atoms with Crippen molar-refractivity contribution in [2.75, 3.05) is 39.9 Å². The molecule has 1 aliphatic rings. The minimum atomic E-state index is -0.0830. The van der Waals surface area contributed by atoms with Crippen LogP contribution < -0.4 is 16.0 Å². The molecule has 2 unspecified atom stereocenters. The Morgan fingerprint density at radius 3 is 2.67 bits per heavy atom. The zero-order valence-electron chi connectivity index (χ0n) is 15.4. The van der Waals surface area contributed by atoms with Crippen molar-refractivity contribution in [1.29, 1.82) is 0 Å². The minimum absolute atomic E-state index is 0. The van der Waals surface area contributed by atoms with E-state index in [1.54, 1.807) is 7.11 Å². The van der Waals surface area contributed by atoms with Crippen molar-refractivity contribution in [2.45, 2.75) is 46.0 Å². The summed E-state index contributed by atoms with van der Waals surface area (Å²) in [4.78, 5) is 16.0. The van der Waals surface area contributed by atoms with Gasteiger partial charge in [-0.2, -0.15) is 0 Å². The molecule has 0 bridgehead atoms. The lowest BCUT2D eigenvalue weighted by molar-refractivity contribution is -0.119. The van der Waals surface area contributed by atoms with Crippen LogP contribution in [0.5, 0.6) is 0 Å². The number of ether oxygens (including phenoxy) is 1. The largest absolute Gasteiger partial charge is 0.383 e. The van der Waals surface area contributed by atoms with Gasteiger partial charge in [-0.15, -0.1) is 24.0 Å². The molecule has 7 heteroatoms. The predicted octanol–water partition coefficient (Wildman–Crippen LogP) is 2.14. The highest BCUT2D eigenvalue weighted by Crippen LogP contribution is 2.30. The molecule has 3 N–H and O–H groups in total. The molecule has 2 atom stereocenters. The monoisotopic (exact) mass is 454 g/mol. The van der Waals surface area contributed by atoms with Gasteiger partial charge in [-0.1, -0.05) is 26.2 Å². The summed E-state index contributed by atoms with van der Waals surface area (Å²) >= 11 is 0. The van der Waals surface area contributed by atoms with Crippen LogP contribution in [0.2, 0.25) is 0 Å². The number of carbonyl (C=O) groups excluding carboxylic acids is 1. The molecule has 142 valence electrons. The Hall–Kier alpha value is -0.570. The van der Waals surface area contributed by atoms with E-state index in [1.807, 2.05) is 6.92 Å². The molecule has 6 nitrogen and oxygen atoms in total.